The molecule has 1 N–H and O–H groups in total. The highest BCUT2D eigenvalue weighted by molar-refractivity contribution is 6.25. The molecule has 3 fully saturated rings. The van der Waals surface area contributed by atoms with E-state index in [1.165, 1.54) is 23.1 Å². The Morgan fingerprint density at radius 2 is 1.83 bits per heavy atom. The van der Waals surface area contributed by atoms with Gasteiger partial charge in [0.2, 0.25) is 17.7 Å². The normalized spacial score (nSPS) is 32.0. The Kier molecular flexibility index (Phi) is 3.41. The molecule has 152 valence electrons. The van der Waals surface area contributed by atoms with Crippen LogP contribution >= 0.6 is 0 Å². The lowest BCUT2D eigenvalue weighted by molar-refractivity contribution is -0.135. The molecule has 0 aliphatic carbocycles. The van der Waals surface area contributed by atoms with E-state index in [9.17, 15) is 18.8 Å². The van der Waals surface area contributed by atoms with Crippen molar-refractivity contribution in [3.05, 3.63) is 59.4 Å². The van der Waals surface area contributed by atoms with E-state index in [1.807, 2.05) is 24.0 Å². The quantitative estimate of drug-likeness (QED) is 0.741. The topological polar surface area (TPSA) is 69.7 Å². The number of nitrogens with zero attached hydrogens (tertiary/aromatic N) is 2. The molecule has 4 atom stereocenters. The van der Waals surface area contributed by atoms with Gasteiger partial charge in [-0.3, -0.25) is 19.3 Å². The van der Waals surface area contributed by atoms with Gasteiger partial charge in [0.25, 0.3) is 0 Å². The van der Waals surface area contributed by atoms with Gasteiger partial charge in [-0.15, -0.1) is 0 Å². The van der Waals surface area contributed by atoms with Crippen LogP contribution in [0, 0.1) is 24.6 Å². The number of carbonyl (C=O) groups excluding carboxylic acids is 3. The number of nitrogens with one attached hydrogen (secondary N) is 1. The van der Waals surface area contributed by atoms with Crippen LogP contribution in [0.15, 0.2) is 42.5 Å². The van der Waals surface area contributed by atoms with Crippen molar-refractivity contribution in [1.82, 2.24) is 4.90 Å². The Hall–Kier alpha value is -3.06. The fraction of sp³-hybridized carbons (Fsp3) is 0.348. The molecule has 3 amide bonds. The first kappa shape index (κ1) is 17.8. The van der Waals surface area contributed by atoms with Crippen LogP contribution in [0.5, 0.6) is 0 Å². The van der Waals surface area contributed by atoms with Crippen molar-refractivity contribution < 1.29 is 18.8 Å². The summed E-state index contributed by atoms with van der Waals surface area (Å²) in [7, 11) is 0. The average molecular weight is 405 g/mol. The van der Waals surface area contributed by atoms with E-state index in [4.69, 9.17) is 0 Å². The summed E-state index contributed by atoms with van der Waals surface area (Å²) in [4.78, 5) is 43.9. The van der Waals surface area contributed by atoms with E-state index in [0.29, 0.717) is 23.5 Å². The lowest BCUT2D eigenvalue weighted by atomic mass is 9.75. The number of halogens is 1. The molecule has 7 heteroatoms. The molecule has 3 saturated heterocycles. The van der Waals surface area contributed by atoms with E-state index in [0.717, 1.165) is 18.4 Å². The van der Waals surface area contributed by atoms with Crippen molar-refractivity contribution >= 4 is 29.1 Å². The molecule has 4 aliphatic heterocycles. The fourth-order valence-electron chi connectivity index (χ4n) is 6.12. The number of hydrogen-bond acceptors (Lipinski definition) is 4. The summed E-state index contributed by atoms with van der Waals surface area (Å²) in [6, 6.07) is 11.2. The second-order valence-corrected chi connectivity index (χ2v) is 8.66. The van der Waals surface area contributed by atoms with Crippen molar-refractivity contribution in [2.45, 2.75) is 31.3 Å². The van der Waals surface area contributed by atoms with Gasteiger partial charge in [0.05, 0.1) is 17.5 Å². The molecule has 2 aromatic carbocycles. The number of anilines is 2. The van der Waals surface area contributed by atoms with Crippen molar-refractivity contribution in [3.8, 4) is 0 Å². The molecule has 1 spiro atoms. The number of fused-ring (bicyclic) bond motifs is 7. The van der Waals surface area contributed by atoms with Crippen LogP contribution in [0.3, 0.4) is 0 Å². The first-order valence-electron chi connectivity index (χ1n) is 10.3. The highest BCUT2D eigenvalue weighted by atomic mass is 19.1. The lowest BCUT2D eigenvalue weighted by Crippen LogP contribution is -2.54. The summed E-state index contributed by atoms with van der Waals surface area (Å²) in [6.45, 7) is 2.54. The molecule has 4 unspecified atom stereocenters. The third-order valence-electron chi connectivity index (χ3n) is 7.25. The molecular weight excluding hydrogens is 385 g/mol. The van der Waals surface area contributed by atoms with Crippen LogP contribution in [-0.2, 0) is 19.9 Å². The Morgan fingerprint density at radius 3 is 2.60 bits per heavy atom. The number of rotatable bonds is 1. The van der Waals surface area contributed by atoms with Crippen molar-refractivity contribution in [1.29, 1.82) is 0 Å². The highest BCUT2D eigenvalue weighted by Gasteiger charge is 2.74. The second kappa shape index (κ2) is 5.76. The number of imide groups is 1. The standard InChI is InChI=1S/C23H20FN3O3/c1-12-4-7-14(8-5-12)27-20(28)18-17-3-2-10-26(17)23(19(18)21(27)29)15-11-13(24)6-9-16(15)25-22(23)30/h4-9,11,17-19H,2-3,10H2,1H3,(H,25,30). The van der Waals surface area contributed by atoms with Gasteiger partial charge in [0, 0.05) is 17.3 Å². The molecule has 6 nitrogen and oxygen atoms in total. The van der Waals surface area contributed by atoms with Crippen LogP contribution in [0.1, 0.15) is 24.0 Å². The maximum Gasteiger partial charge on any atom is 0.250 e. The highest BCUT2D eigenvalue weighted by Crippen LogP contribution is 2.60. The summed E-state index contributed by atoms with van der Waals surface area (Å²) in [6.07, 6.45) is 1.57. The Balaban J connectivity index is 1.56. The maximum absolute atomic E-state index is 14.2. The minimum atomic E-state index is -1.34. The van der Waals surface area contributed by atoms with Crippen LogP contribution in [-0.4, -0.2) is 35.2 Å². The van der Waals surface area contributed by atoms with E-state index < -0.39 is 23.2 Å². The molecule has 0 saturated carbocycles. The maximum atomic E-state index is 14.2. The zero-order valence-electron chi connectivity index (χ0n) is 16.4. The Labute approximate surface area is 172 Å². The SMILES string of the molecule is Cc1ccc(N2C(=O)C3C4CCCN4C4(C(=O)Nc5ccc(F)cc54)C3C2=O)cc1. The van der Waals surface area contributed by atoms with Gasteiger partial charge < -0.3 is 5.32 Å². The largest absolute Gasteiger partial charge is 0.324 e. The predicted molar refractivity (Wildman–Crippen MR) is 107 cm³/mol. The first-order chi connectivity index (χ1) is 14.4. The van der Waals surface area contributed by atoms with Crippen LogP contribution in [0.4, 0.5) is 15.8 Å². The Bertz CT molecular complexity index is 1130. The number of carbonyl (C=O) groups is 3. The smallest absolute Gasteiger partial charge is 0.250 e. The predicted octanol–water partition coefficient (Wildman–Crippen LogP) is 2.57. The van der Waals surface area contributed by atoms with Crippen LogP contribution < -0.4 is 10.2 Å². The summed E-state index contributed by atoms with van der Waals surface area (Å²) >= 11 is 0. The van der Waals surface area contributed by atoms with E-state index in [-0.39, 0.29) is 23.8 Å². The van der Waals surface area contributed by atoms with Gasteiger partial charge >= 0.3 is 0 Å². The minimum absolute atomic E-state index is 0.207. The molecule has 0 aromatic heterocycles. The molecule has 2 aromatic rings. The van der Waals surface area contributed by atoms with Crippen LogP contribution in [0.2, 0.25) is 0 Å². The molecule has 4 aliphatic rings. The van der Waals surface area contributed by atoms with Gasteiger partial charge in [0.15, 0.2) is 0 Å². The van der Waals surface area contributed by atoms with Gasteiger partial charge in [0.1, 0.15) is 11.4 Å². The molecule has 0 bridgehead atoms. The lowest BCUT2D eigenvalue weighted by Gasteiger charge is -2.36. The van der Waals surface area contributed by atoms with Gasteiger partial charge in [-0.05, 0) is 56.6 Å². The molecular formula is C23H20FN3O3. The van der Waals surface area contributed by atoms with Crippen molar-refractivity contribution in [2.24, 2.45) is 11.8 Å². The second-order valence-electron chi connectivity index (χ2n) is 8.66. The zero-order valence-corrected chi connectivity index (χ0v) is 16.4. The van der Waals surface area contributed by atoms with E-state index in [2.05, 4.69) is 5.32 Å². The average Bonchev–Trinajstić information content (AvgIpc) is 3.42. The number of benzene rings is 2. The fourth-order valence-corrected chi connectivity index (χ4v) is 6.12. The zero-order chi connectivity index (χ0) is 20.8. The van der Waals surface area contributed by atoms with E-state index >= 15 is 0 Å². The number of aryl methyl sites for hydroxylation is 1. The first-order valence-corrected chi connectivity index (χ1v) is 10.3. The molecule has 30 heavy (non-hydrogen) atoms. The number of amides is 3. The van der Waals surface area contributed by atoms with Crippen LogP contribution in [0.25, 0.3) is 0 Å². The molecule has 6 rings (SSSR count). The monoisotopic (exact) mass is 405 g/mol. The van der Waals surface area contributed by atoms with Gasteiger partial charge in [-0.1, -0.05) is 17.7 Å². The number of hydrogen-bond donors (Lipinski definition) is 1. The summed E-state index contributed by atoms with van der Waals surface area (Å²) in [5.41, 5.74) is 1.19. The van der Waals surface area contributed by atoms with E-state index in [1.54, 1.807) is 12.1 Å². The van der Waals surface area contributed by atoms with Gasteiger partial charge in [-0.2, -0.15) is 0 Å². The Morgan fingerprint density at radius 1 is 1.07 bits per heavy atom. The third-order valence-corrected chi connectivity index (χ3v) is 7.25. The summed E-state index contributed by atoms with van der Waals surface area (Å²) < 4.78 is 14.2. The molecule has 4 heterocycles. The summed E-state index contributed by atoms with van der Waals surface area (Å²) in [5, 5.41) is 2.85. The summed E-state index contributed by atoms with van der Waals surface area (Å²) in [5.74, 6) is -2.91. The third kappa shape index (κ3) is 1.94. The minimum Gasteiger partial charge on any atom is -0.324 e. The van der Waals surface area contributed by atoms with Crippen molar-refractivity contribution in [3.63, 3.8) is 0 Å². The van der Waals surface area contributed by atoms with Gasteiger partial charge in [-0.25, -0.2) is 9.29 Å². The van der Waals surface area contributed by atoms with Crippen molar-refractivity contribution in [2.75, 3.05) is 16.8 Å². The molecule has 0 radical (unpaired) electrons.